The fourth-order valence-electron chi connectivity index (χ4n) is 9.02. The molecule has 1 rings (SSSR count). The molecule has 0 aromatic carbocycles. The van der Waals surface area contributed by atoms with Gasteiger partial charge in [-0.15, -0.1) is 0 Å². The van der Waals surface area contributed by atoms with E-state index in [0.717, 1.165) is 0 Å². The van der Waals surface area contributed by atoms with Crippen LogP contribution in [0, 0.1) is 0 Å². The van der Waals surface area contributed by atoms with Crippen molar-refractivity contribution >= 4 is 25.0 Å². The molecule has 40 heavy (non-hydrogen) atoms. The van der Waals surface area contributed by atoms with Crippen LogP contribution in [0.25, 0.3) is 0 Å². The maximum atomic E-state index is 7.62. The third-order valence-corrected chi connectivity index (χ3v) is 28.8. The molecule has 0 unspecified atom stereocenters. The van der Waals surface area contributed by atoms with Crippen LogP contribution in [-0.2, 0) is 18.0 Å². The van der Waals surface area contributed by atoms with E-state index >= 15 is 0 Å². The second-order valence-electron chi connectivity index (χ2n) is 15.4. The molecule has 0 bridgehead atoms. The van der Waals surface area contributed by atoms with E-state index in [1.54, 1.807) is 0 Å². The summed E-state index contributed by atoms with van der Waals surface area (Å²) >= 11 is 0. The standard InChI is InChI=1S/C33H70O4Si3/c1-22(2)38(23(3)4,24(5)6)35-21-32-33(37-40(28(13)14,29(15)16)30(17)18)31(19-20-34-32)36-39(25(7)8,26(9)10)27(11)12/h19-20,22-33H,21H2,1-18H3/t31-,32-,33+/m1/s1. The van der Waals surface area contributed by atoms with Gasteiger partial charge in [0, 0.05) is 0 Å². The van der Waals surface area contributed by atoms with E-state index in [4.69, 9.17) is 18.0 Å². The fourth-order valence-corrected chi connectivity index (χ4v) is 25.5. The molecule has 0 amide bonds. The van der Waals surface area contributed by atoms with E-state index in [9.17, 15) is 0 Å². The molecule has 0 aromatic rings. The lowest BCUT2D eigenvalue weighted by molar-refractivity contribution is -0.0707. The van der Waals surface area contributed by atoms with Crippen molar-refractivity contribution in [1.29, 1.82) is 0 Å². The lowest BCUT2D eigenvalue weighted by Gasteiger charge is -2.51. The smallest absolute Gasteiger partial charge is 0.201 e. The average molecular weight is 615 g/mol. The monoisotopic (exact) mass is 614 g/mol. The molecule has 4 nitrogen and oxygen atoms in total. The molecule has 0 radical (unpaired) electrons. The first-order valence-corrected chi connectivity index (χ1v) is 23.0. The van der Waals surface area contributed by atoms with Crippen LogP contribution < -0.4 is 0 Å². The normalized spacial score (nSPS) is 21.5. The molecule has 3 atom stereocenters. The Morgan fingerprint density at radius 1 is 0.500 bits per heavy atom. The van der Waals surface area contributed by atoms with E-state index in [1.165, 1.54) is 0 Å². The van der Waals surface area contributed by atoms with Gasteiger partial charge in [0.15, 0.2) is 0 Å². The third kappa shape index (κ3) is 7.40. The minimum atomic E-state index is -2.22. The predicted octanol–water partition coefficient (Wildman–Crippen LogP) is 11.2. The van der Waals surface area contributed by atoms with Gasteiger partial charge >= 0.3 is 0 Å². The zero-order valence-electron chi connectivity index (χ0n) is 29.9. The molecular formula is C33H70O4Si3. The molecule has 0 aromatic heterocycles. The summed E-state index contributed by atoms with van der Waals surface area (Å²) in [6.45, 7) is 43.2. The average Bonchev–Trinajstić information content (AvgIpc) is 2.79. The van der Waals surface area contributed by atoms with E-state index in [-0.39, 0.29) is 18.3 Å². The van der Waals surface area contributed by atoms with Gasteiger partial charge in [0.1, 0.15) is 12.2 Å². The van der Waals surface area contributed by atoms with Gasteiger partial charge in [-0.3, -0.25) is 0 Å². The summed E-state index contributed by atoms with van der Waals surface area (Å²) in [7, 11) is -6.45. The van der Waals surface area contributed by atoms with Gasteiger partial charge in [-0.2, -0.15) is 0 Å². The Kier molecular flexibility index (Phi) is 14.5. The number of ether oxygens (including phenoxy) is 1. The first kappa shape index (κ1) is 38.1. The summed E-state index contributed by atoms with van der Waals surface area (Å²) in [5.41, 5.74) is 4.54. The largest absolute Gasteiger partial charge is 0.493 e. The first-order chi connectivity index (χ1) is 18.3. The molecule has 0 N–H and O–H groups in total. The van der Waals surface area contributed by atoms with Crippen LogP contribution in [0.3, 0.4) is 0 Å². The second kappa shape index (κ2) is 15.2. The summed E-state index contributed by atoms with van der Waals surface area (Å²) < 4.78 is 28.8. The topological polar surface area (TPSA) is 36.9 Å². The van der Waals surface area contributed by atoms with E-state index in [1.807, 2.05) is 6.26 Å². The van der Waals surface area contributed by atoms with Crippen molar-refractivity contribution in [3.8, 4) is 0 Å². The molecule has 1 aliphatic rings. The predicted molar refractivity (Wildman–Crippen MR) is 183 cm³/mol. The summed E-state index contributed by atoms with van der Waals surface area (Å²) in [5, 5.41) is 0. The van der Waals surface area contributed by atoms with Crippen LogP contribution in [-0.4, -0.2) is 49.9 Å². The lowest BCUT2D eigenvalue weighted by Crippen LogP contribution is -2.61. The van der Waals surface area contributed by atoms with Crippen molar-refractivity contribution in [2.75, 3.05) is 6.61 Å². The Morgan fingerprint density at radius 2 is 0.825 bits per heavy atom. The van der Waals surface area contributed by atoms with Crippen LogP contribution in [0.2, 0.25) is 49.9 Å². The highest BCUT2D eigenvalue weighted by molar-refractivity contribution is 6.78. The van der Waals surface area contributed by atoms with Crippen LogP contribution >= 0.6 is 0 Å². The zero-order valence-corrected chi connectivity index (χ0v) is 32.9. The first-order valence-electron chi connectivity index (χ1n) is 16.6. The van der Waals surface area contributed by atoms with Crippen molar-refractivity contribution in [2.24, 2.45) is 0 Å². The summed E-state index contributed by atoms with van der Waals surface area (Å²) in [5.74, 6) is 0. The van der Waals surface area contributed by atoms with E-state index < -0.39 is 25.0 Å². The minimum absolute atomic E-state index is 0.127. The molecule has 1 aliphatic heterocycles. The van der Waals surface area contributed by atoms with Crippen LogP contribution in [0.15, 0.2) is 12.3 Å². The molecule has 238 valence electrons. The van der Waals surface area contributed by atoms with Crippen molar-refractivity contribution in [2.45, 2.75) is 193 Å². The minimum Gasteiger partial charge on any atom is -0.493 e. The van der Waals surface area contributed by atoms with Crippen molar-refractivity contribution in [3.63, 3.8) is 0 Å². The maximum absolute atomic E-state index is 7.62. The van der Waals surface area contributed by atoms with Gasteiger partial charge in [-0.05, 0) is 55.9 Å². The Morgan fingerprint density at radius 3 is 1.15 bits per heavy atom. The highest BCUT2D eigenvalue weighted by Gasteiger charge is 2.54. The van der Waals surface area contributed by atoms with Crippen molar-refractivity contribution in [3.05, 3.63) is 12.3 Å². The maximum Gasteiger partial charge on any atom is 0.201 e. The van der Waals surface area contributed by atoms with Gasteiger partial charge in [-0.1, -0.05) is 125 Å². The van der Waals surface area contributed by atoms with Crippen molar-refractivity contribution < 1.29 is 18.0 Å². The number of hydrogen-bond acceptors (Lipinski definition) is 4. The molecule has 0 aliphatic carbocycles. The highest BCUT2D eigenvalue weighted by atomic mass is 28.4. The van der Waals surface area contributed by atoms with Crippen LogP contribution in [0.5, 0.6) is 0 Å². The van der Waals surface area contributed by atoms with Gasteiger partial charge in [0.2, 0.25) is 25.0 Å². The van der Waals surface area contributed by atoms with Crippen LogP contribution in [0.1, 0.15) is 125 Å². The van der Waals surface area contributed by atoms with E-state index in [0.29, 0.717) is 56.5 Å². The SMILES string of the molecule is CC(C)[Si](OC[C@H]1OC=C[C@@H](O[Si](C(C)C)(C(C)C)C(C)C)[C@@H]1O[Si](C(C)C)(C(C)C)C(C)C)(C(C)C)C(C)C. The Hall–Kier alpha value is 0.0706. The van der Waals surface area contributed by atoms with Gasteiger partial charge in [0.25, 0.3) is 0 Å². The quantitative estimate of drug-likeness (QED) is 0.162. The molecular weight excluding hydrogens is 545 g/mol. The Labute approximate surface area is 254 Å². The fraction of sp³-hybridized carbons (Fsp3) is 0.939. The Balaban J connectivity index is 3.72. The molecule has 7 heteroatoms. The zero-order chi connectivity index (χ0) is 31.4. The van der Waals surface area contributed by atoms with Crippen LogP contribution in [0.4, 0.5) is 0 Å². The number of hydrogen-bond donors (Lipinski definition) is 0. The van der Waals surface area contributed by atoms with Gasteiger partial charge in [0.05, 0.1) is 19.0 Å². The van der Waals surface area contributed by atoms with Gasteiger partial charge in [-0.25, -0.2) is 0 Å². The molecule has 0 fully saturated rings. The molecule has 1 heterocycles. The Bertz CT molecular complexity index is 708. The summed E-state index contributed by atoms with van der Waals surface area (Å²) in [6.07, 6.45) is 3.57. The second-order valence-corrected chi connectivity index (χ2v) is 31.7. The third-order valence-electron chi connectivity index (χ3n) is 10.5. The van der Waals surface area contributed by atoms with Crippen molar-refractivity contribution in [1.82, 2.24) is 0 Å². The molecule has 0 saturated heterocycles. The summed E-state index contributed by atoms with van der Waals surface area (Å²) in [6, 6.07) is 0. The van der Waals surface area contributed by atoms with E-state index in [2.05, 4.69) is 131 Å². The van der Waals surface area contributed by atoms with Gasteiger partial charge < -0.3 is 18.0 Å². The number of rotatable bonds is 16. The summed E-state index contributed by atoms with van der Waals surface area (Å²) in [4.78, 5) is 0. The highest BCUT2D eigenvalue weighted by Crippen LogP contribution is 2.48. The molecule has 0 spiro atoms. The lowest BCUT2D eigenvalue weighted by atomic mass is 10.1. The molecule has 0 saturated carbocycles.